The Balaban J connectivity index is 2.17. The van der Waals surface area contributed by atoms with Gasteiger partial charge in [0.15, 0.2) is 0 Å². The van der Waals surface area contributed by atoms with Crippen molar-refractivity contribution < 1.29 is 18.9 Å². The van der Waals surface area contributed by atoms with E-state index in [1.807, 2.05) is 30.3 Å². The fourth-order valence-corrected chi connectivity index (χ4v) is 3.64. The van der Waals surface area contributed by atoms with E-state index in [9.17, 15) is 13.8 Å². The lowest BCUT2D eigenvalue weighted by molar-refractivity contribution is -0.137. The first-order chi connectivity index (χ1) is 12.5. The van der Waals surface area contributed by atoms with Crippen molar-refractivity contribution in [1.29, 1.82) is 0 Å². The number of amides is 1. The highest BCUT2D eigenvalue weighted by Crippen LogP contribution is 2.15. The average Bonchev–Trinajstić information content (AvgIpc) is 2.66. The Morgan fingerprint density at radius 1 is 1.08 bits per heavy atom. The Hall–Kier alpha value is -2.47. The highest BCUT2D eigenvalue weighted by atomic mass is 32.2. The van der Waals surface area contributed by atoms with Crippen LogP contribution in [0, 0.1) is 0 Å². The number of carbonyl (C=O) groups is 2. The summed E-state index contributed by atoms with van der Waals surface area (Å²) >= 11 is 0. The molecule has 2 N–H and O–H groups in total. The van der Waals surface area contributed by atoms with E-state index in [1.54, 1.807) is 31.2 Å². The molecule has 26 heavy (non-hydrogen) atoms. The Labute approximate surface area is 155 Å². The molecule has 0 spiro atoms. The second-order valence-electron chi connectivity index (χ2n) is 5.92. The summed E-state index contributed by atoms with van der Waals surface area (Å²) in [5.74, 6) is -0.796. The first-order valence-electron chi connectivity index (χ1n) is 8.55. The van der Waals surface area contributed by atoms with Gasteiger partial charge in [0.25, 0.3) is 5.91 Å². The first-order valence-corrected chi connectivity index (χ1v) is 9.87. The van der Waals surface area contributed by atoms with Gasteiger partial charge in [-0.2, -0.15) is 0 Å². The molecule has 0 saturated heterocycles. The van der Waals surface area contributed by atoms with Crippen molar-refractivity contribution >= 4 is 22.7 Å². The van der Waals surface area contributed by atoms with E-state index in [0.29, 0.717) is 29.1 Å². The lowest BCUT2D eigenvalue weighted by Crippen LogP contribution is -2.37. The number of hydrogen-bond acceptors (Lipinski definition) is 3. The molecule has 0 radical (unpaired) electrons. The molecule has 0 heterocycles. The van der Waals surface area contributed by atoms with Crippen LogP contribution in [0.2, 0.25) is 0 Å². The predicted octanol–water partition coefficient (Wildman–Crippen LogP) is 3.02. The first kappa shape index (κ1) is 19.8. The highest BCUT2D eigenvalue weighted by molar-refractivity contribution is 7.85. The normalized spacial score (nSPS) is 13.0. The molecule has 1 amide bonds. The lowest BCUT2D eigenvalue weighted by atomic mass is 10.0. The number of benzene rings is 2. The number of rotatable bonds is 9. The van der Waals surface area contributed by atoms with Gasteiger partial charge in [-0.1, -0.05) is 49.4 Å². The number of nitrogens with one attached hydrogen (secondary N) is 1. The zero-order valence-electron chi connectivity index (χ0n) is 14.7. The quantitative estimate of drug-likeness (QED) is 0.708. The van der Waals surface area contributed by atoms with E-state index in [0.717, 1.165) is 5.56 Å². The molecular weight excluding hydrogens is 350 g/mol. The Morgan fingerprint density at radius 3 is 2.38 bits per heavy atom. The van der Waals surface area contributed by atoms with Crippen LogP contribution >= 0.6 is 0 Å². The molecule has 2 aromatic carbocycles. The predicted molar refractivity (Wildman–Crippen MR) is 102 cm³/mol. The molecule has 0 aromatic heterocycles. The van der Waals surface area contributed by atoms with Crippen molar-refractivity contribution in [2.45, 2.75) is 37.1 Å². The van der Waals surface area contributed by atoms with Gasteiger partial charge in [0, 0.05) is 18.2 Å². The van der Waals surface area contributed by atoms with Crippen LogP contribution in [0.4, 0.5) is 0 Å². The van der Waals surface area contributed by atoms with Crippen molar-refractivity contribution in [2.24, 2.45) is 0 Å². The van der Waals surface area contributed by atoms with Crippen molar-refractivity contribution in [2.75, 3.05) is 5.75 Å². The summed E-state index contributed by atoms with van der Waals surface area (Å²) in [6.07, 6.45) is 0.841. The molecule has 138 valence electrons. The molecule has 0 saturated carbocycles. The molecule has 0 aliphatic carbocycles. The van der Waals surface area contributed by atoms with E-state index in [1.165, 1.54) is 0 Å². The van der Waals surface area contributed by atoms with Crippen LogP contribution in [-0.4, -0.2) is 33.0 Å². The average molecular weight is 373 g/mol. The molecule has 6 heteroatoms. The summed E-state index contributed by atoms with van der Waals surface area (Å²) < 4.78 is 12.2. The molecule has 0 bridgehead atoms. The smallest absolute Gasteiger partial charge is 0.303 e. The van der Waals surface area contributed by atoms with Crippen LogP contribution in [0.5, 0.6) is 0 Å². The molecule has 0 fully saturated rings. The van der Waals surface area contributed by atoms with Crippen molar-refractivity contribution in [3.8, 4) is 0 Å². The van der Waals surface area contributed by atoms with E-state index < -0.39 is 16.8 Å². The van der Waals surface area contributed by atoms with Crippen molar-refractivity contribution in [3.05, 3.63) is 65.7 Å². The fraction of sp³-hybridized carbons (Fsp3) is 0.300. The van der Waals surface area contributed by atoms with Crippen LogP contribution < -0.4 is 5.32 Å². The second kappa shape index (κ2) is 9.87. The van der Waals surface area contributed by atoms with Gasteiger partial charge in [-0.15, -0.1) is 0 Å². The van der Waals surface area contributed by atoms with Crippen molar-refractivity contribution in [3.63, 3.8) is 0 Å². The number of hydrogen-bond donors (Lipinski definition) is 2. The maximum atomic E-state index is 12.7. The highest BCUT2D eigenvalue weighted by Gasteiger charge is 2.19. The maximum Gasteiger partial charge on any atom is 0.303 e. The zero-order chi connectivity index (χ0) is 18.9. The number of carboxylic acids is 1. The van der Waals surface area contributed by atoms with Crippen LogP contribution in [0.25, 0.3) is 0 Å². The number of carbonyl (C=O) groups excluding carboxylic acids is 1. The van der Waals surface area contributed by atoms with Crippen LogP contribution in [0.3, 0.4) is 0 Å². The zero-order valence-corrected chi connectivity index (χ0v) is 15.5. The van der Waals surface area contributed by atoms with Gasteiger partial charge in [0.2, 0.25) is 0 Å². The molecule has 5 nitrogen and oxygen atoms in total. The molecule has 2 rings (SSSR count). The van der Waals surface area contributed by atoms with Crippen molar-refractivity contribution in [1.82, 2.24) is 5.32 Å². The van der Waals surface area contributed by atoms with Gasteiger partial charge in [-0.3, -0.25) is 13.8 Å². The Morgan fingerprint density at radius 2 is 1.73 bits per heavy atom. The van der Waals surface area contributed by atoms with E-state index in [4.69, 9.17) is 5.11 Å². The van der Waals surface area contributed by atoms with Crippen LogP contribution in [-0.2, 0) is 22.0 Å². The van der Waals surface area contributed by atoms with E-state index in [-0.39, 0.29) is 18.4 Å². The van der Waals surface area contributed by atoms with Gasteiger partial charge >= 0.3 is 5.97 Å². The second-order valence-corrected chi connectivity index (χ2v) is 7.63. The molecule has 0 aliphatic heterocycles. The van der Waals surface area contributed by atoms with Gasteiger partial charge < -0.3 is 10.4 Å². The Bertz CT molecular complexity index is 776. The number of carboxylic acid groups (broad SMARTS) is 1. The SMILES string of the molecule is CCS(=O)c1ccccc1C(=O)NC(CCC(=O)O)Cc1ccccc1. The maximum absolute atomic E-state index is 12.7. The van der Waals surface area contributed by atoms with Gasteiger partial charge in [-0.25, -0.2) is 0 Å². The minimum atomic E-state index is -1.24. The summed E-state index contributed by atoms with van der Waals surface area (Å²) in [5.41, 5.74) is 1.40. The third-order valence-electron chi connectivity index (χ3n) is 4.01. The minimum absolute atomic E-state index is 0.0275. The fourth-order valence-electron chi connectivity index (χ4n) is 2.69. The number of aliphatic carboxylic acids is 1. The van der Waals surface area contributed by atoms with Crippen LogP contribution in [0.1, 0.15) is 35.7 Å². The summed E-state index contributed by atoms with van der Waals surface area (Å²) in [4.78, 5) is 24.2. The minimum Gasteiger partial charge on any atom is -0.481 e. The lowest BCUT2D eigenvalue weighted by Gasteiger charge is -2.19. The third kappa shape index (κ3) is 5.81. The summed E-state index contributed by atoms with van der Waals surface area (Å²) in [6.45, 7) is 1.80. The molecule has 2 unspecified atom stereocenters. The summed E-state index contributed by atoms with van der Waals surface area (Å²) in [7, 11) is -1.24. The third-order valence-corrected chi connectivity index (χ3v) is 5.38. The van der Waals surface area contributed by atoms with Gasteiger partial charge in [0.1, 0.15) is 0 Å². The molecule has 2 aromatic rings. The standard InChI is InChI=1S/C20H23NO4S/c1-2-26(25)18-11-7-6-10-17(18)20(24)21-16(12-13-19(22)23)14-15-8-4-3-5-9-15/h3-11,16H,2,12-14H2,1H3,(H,21,24)(H,22,23). The summed E-state index contributed by atoms with van der Waals surface area (Å²) in [6, 6.07) is 16.1. The molecule has 2 atom stereocenters. The summed E-state index contributed by atoms with van der Waals surface area (Å²) in [5, 5.41) is 11.9. The topological polar surface area (TPSA) is 83.5 Å². The van der Waals surface area contributed by atoms with Gasteiger partial charge in [-0.05, 0) is 30.5 Å². The van der Waals surface area contributed by atoms with E-state index >= 15 is 0 Å². The molecular formula is C20H23NO4S. The largest absolute Gasteiger partial charge is 0.481 e. The van der Waals surface area contributed by atoms with Crippen LogP contribution in [0.15, 0.2) is 59.5 Å². The van der Waals surface area contributed by atoms with E-state index in [2.05, 4.69) is 5.32 Å². The van der Waals surface area contributed by atoms with Gasteiger partial charge in [0.05, 0.1) is 21.3 Å². The Kier molecular flexibility index (Phi) is 7.53. The molecule has 0 aliphatic rings. The monoisotopic (exact) mass is 373 g/mol.